The van der Waals surface area contributed by atoms with Crippen molar-refractivity contribution in [1.82, 2.24) is 4.98 Å². The molecule has 0 aliphatic heterocycles. The molecule has 1 aliphatic rings. The van der Waals surface area contributed by atoms with Crippen molar-refractivity contribution in [2.45, 2.75) is 124 Å². The van der Waals surface area contributed by atoms with Crippen molar-refractivity contribution in [3.8, 4) is 17.7 Å². The standard InChI is InChI=1S/C36H51NO5S/c1-10-36(6,7)42-34(38)28-17-15-16-27(20-21-28)25(4)32-26(5)31(35(39)41-9)30(43-32)19-14-12-11-13-18-29-23(2)22-24(3)37-33(29)40-8/h22,25,27-28H,10,12,14-21H2,1-9H3/t25-,27?,28?/m1/s1. The van der Waals surface area contributed by atoms with Crippen LogP contribution in [0.3, 0.4) is 0 Å². The molecule has 3 rings (SSSR count). The summed E-state index contributed by atoms with van der Waals surface area (Å²) in [6.45, 7) is 14.4. The number of aryl methyl sites for hydroxylation is 3. The molecule has 7 heteroatoms. The summed E-state index contributed by atoms with van der Waals surface area (Å²) in [5, 5.41) is 0. The molecular formula is C36H51NO5S. The second-order valence-electron chi connectivity index (χ2n) is 12.6. The summed E-state index contributed by atoms with van der Waals surface area (Å²) in [6.07, 6.45) is 8.65. The third-order valence-electron chi connectivity index (χ3n) is 9.07. The molecule has 0 spiro atoms. The Morgan fingerprint density at radius 1 is 1.12 bits per heavy atom. The van der Waals surface area contributed by atoms with Crippen LogP contribution in [0.5, 0.6) is 5.88 Å². The zero-order chi connectivity index (χ0) is 31.7. The van der Waals surface area contributed by atoms with Gasteiger partial charge < -0.3 is 14.2 Å². The number of carbonyl (C=O) groups is 2. The zero-order valence-corrected chi connectivity index (χ0v) is 28.6. The monoisotopic (exact) mass is 609 g/mol. The lowest BCUT2D eigenvalue weighted by atomic mass is 9.84. The maximum atomic E-state index is 12.9. The summed E-state index contributed by atoms with van der Waals surface area (Å²) in [5.41, 5.74) is 4.47. The van der Waals surface area contributed by atoms with Gasteiger partial charge in [0.2, 0.25) is 5.88 Å². The lowest BCUT2D eigenvalue weighted by molar-refractivity contribution is -0.162. The number of methoxy groups -OCH3 is 2. The van der Waals surface area contributed by atoms with Crippen molar-refractivity contribution in [1.29, 1.82) is 0 Å². The summed E-state index contributed by atoms with van der Waals surface area (Å²) < 4.78 is 16.5. The van der Waals surface area contributed by atoms with E-state index in [-0.39, 0.29) is 17.9 Å². The number of thiophene rings is 1. The fourth-order valence-electron chi connectivity index (χ4n) is 6.07. The summed E-state index contributed by atoms with van der Waals surface area (Å²) in [5.74, 6) is 7.70. The van der Waals surface area contributed by atoms with Crippen molar-refractivity contribution < 1.29 is 23.8 Å². The summed E-state index contributed by atoms with van der Waals surface area (Å²) in [6, 6.07) is 2.06. The van der Waals surface area contributed by atoms with Crippen molar-refractivity contribution in [2.75, 3.05) is 14.2 Å². The second kappa shape index (κ2) is 15.7. The van der Waals surface area contributed by atoms with Gasteiger partial charge in [0.25, 0.3) is 0 Å². The number of aromatic nitrogens is 1. The summed E-state index contributed by atoms with van der Waals surface area (Å²) >= 11 is 1.76. The smallest absolute Gasteiger partial charge is 0.339 e. The van der Waals surface area contributed by atoms with Crippen molar-refractivity contribution in [3.05, 3.63) is 43.8 Å². The van der Waals surface area contributed by atoms with Crippen LogP contribution in [-0.2, 0) is 27.1 Å². The number of hydrogen-bond donors (Lipinski definition) is 0. The molecule has 2 heterocycles. The number of rotatable bonds is 11. The van der Waals surface area contributed by atoms with E-state index in [1.54, 1.807) is 18.4 Å². The van der Waals surface area contributed by atoms with Gasteiger partial charge in [-0.2, -0.15) is 0 Å². The third kappa shape index (κ3) is 9.08. The van der Waals surface area contributed by atoms with E-state index in [0.717, 1.165) is 90.6 Å². The highest BCUT2D eigenvalue weighted by Crippen LogP contribution is 2.43. The van der Waals surface area contributed by atoms with Gasteiger partial charge in [0, 0.05) is 33.9 Å². The summed E-state index contributed by atoms with van der Waals surface area (Å²) in [7, 11) is 3.10. The minimum Gasteiger partial charge on any atom is -0.481 e. The largest absolute Gasteiger partial charge is 0.481 e. The number of ether oxygens (including phenoxy) is 3. The Kier molecular flexibility index (Phi) is 12.7. The van der Waals surface area contributed by atoms with E-state index < -0.39 is 5.60 Å². The number of esters is 2. The highest BCUT2D eigenvalue weighted by Gasteiger charge is 2.33. The number of carbonyl (C=O) groups excluding carboxylic acids is 2. The molecule has 2 aromatic rings. The van der Waals surface area contributed by atoms with Crippen LogP contribution in [0.25, 0.3) is 0 Å². The molecule has 236 valence electrons. The number of hydrogen-bond acceptors (Lipinski definition) is 7. The minimum atomic E-state index is -0.415. The highest BCUT2D eigenvalue weighted by molar-refractivity contribution is 7.12. The Hall–Kier alpha value is -2.85. The highest BCUT2D eigenvalue weighted by atomic mass is 32.1. The molecule has 1 fully saturated rings. The zero-order valence-electron chi connectivity index (χ0n) is 27.8. The van der Waals surface area contributed by atoms with Gasteiger partial charge >= 0.3 is 11.9 Å². The molecule has 0 radical (unpaired) electrons. The molecule has 6 nitrogen and oxygen atoms in total. The Morgan fingerprint density at radius 2 is 1.86 bits per heavy atom. The number of nitrogens with zero attached hydrogens (tertiary/aromatic N) is 1. The second-order valence-corrected chi connectivity index (χ2v) is 13.8. The average Bonchev–Trinajstić information content (AvgIpc) is 3.12. The minimum absolute atomic E-state index is 0.0259. The first-order chi connectivity index (χ1) is 20.4. The topological polar surface area (TPSA) is 74.7 Å². The lowest BCUT2D eigenvalue weighted by Crippen LogP contribution is -2.30. The lowest BCUT2D eigenvalue weighted by Gasteiger charge is -2.26. The molecule has 43 heavy (non-hydrogen) atoms. The molecule has 2 aromatic heterocycles. The first-order valence-corrected chi connectivity index (χ1v) is 16.6. The predicted octanol–water partition coefficient (Wildman–Crippen LogP) is 8.46. The van der Waals surface area contributed by atoms with Gasteiger partial charge in [-0.3, -0.25) is 4.79 Å². The molecule has 1 aliphatic carbocycles. The number of pyridine rings is 1. The van der Waals surface area contributed by atoms with Gasteiger partial charge in [-0.05, 0) is 109 Å². The van der Waals surface area contributed by atoms with E-state index in [2.05, 4.69) is 50.6 Å². The first-order valence-electron chi connectivity index (χ1n) is 15.8. The molecule has 0 bridgehead atoms. The Morgan fingerprint density at radius 3 is 2.53 bits per heavy atom. The fourth-order valence-corrected chi connectivity index (χ4v) is 7.55. The van der Waals surface area contributed by atoms with Gasteiger partial charge in [0.1, 0.15) is 5.60 Å². The van der Waals surface area contributed by atoms with Crippen molar-refractivity contribution in [3.63, 3.8) is 0 Å². The number of unbranched alkanes of at least 4 members (excludes halogenated alkanes) is 1. The molecular weight excluding hydrogens is 558 g/mol. The maximum absolute atomic E-state index is 12.9. The van der Waals surface area contributed by atoms with Crippen LogP contribution < -0.4 is 4.74 Å². The van der Waals surface area contributed by atoms with Crippen LogP contribution in [-0.4, -0.2) is 36.7 Å². The van der Waals surface area contributed by atoms with E-state index in [0.29, 0.717) is 24.1 Å². The van der Waals surface area contributed by atoms with Gasteiger partial charge in [-0.25, -0.2) is 9.78 Å². The molecule has 0 saturated heterocycles. The van der Waals surface area contributed by atoms with Crippen molar-refractivity contribution >= 4 is 23.3 Å². The normalized spacial score (nSPS) is 17.8. The molecule has 0 aromatic carbocycles. The van der Waals surface area contributed by atoms with E-state index in [1.165, 1.54) is 12.0 Å². The van der Waals surface area contributed by atoms with Crippen LogP contribution >= 0.6 is 11.3 Å². The molecule has 3 atom stereocenters. The van der Waals surface area contributed by atoms with Gasteiger partial charge in [-0.1, -0.05) is 26.2 Å². The molecule has 0 N–H and O–H groups in total. The van der Waals surface area contributed by atoms with Crippen LogP contribution in [0.15, 0.2) is 6.07 Å². The summed E-state index contributed by atoms with van der Waals surface area (Å²) in [4.78, 5) is 32.6. The van der Waals surface area contributed by atoms with E-state index in [1.807, 2.05) is 20.8 Å². The van der Waals surface area contributed by atoms with E-state index in [9.17, 15) is 9.59 Å². The van der Waals surface area contributed by atoms with Gasteiger partial charge in [0.15, 0.2) is 0 Å². The molecule has 0 amide bonds. The van der Waals surface area contributed by atoms with E-state index >= 15 is 0 Å². The first kappa shape index (κ1) is 34.6. The van der Waals surface area contributed by atoms with Crippen LogP contribution in [0, 0.1) is 44.4 Å². The van der Waals surface area contributed by atoms with Gasteiger partial charge in [-0.15, -0.1) is 17.3 Å². The Bertz CT molecular complexity index is 1330. The maximum Gasteiger partial charge on any atom is 0.339 e. The van der Waals surface area contributed by atoms with Crippen LogP contribution in [0.4, 0.5) is 0 Å². The third-order valence-corrected chi connectivity index (χ3v) is 10.6. The molecule has 1 saturated carbocycles. The van der Waals surface area contributed by atoms with Crippen LogP contribution in [0.2, 0.25) is 0 Å². The Balaban J connectivity index is 1.66. The van der Waals surface area contributed by atoms with E-state index in [4.69, 9.17) is 14.2 Å². The quantitative estimate of drug-likeness (QED) is 0.110. The van der Waals surface area contributed by atoms with Crippen molar-refractivity contribution in [2.24, 2.45) is 11.8 Å². The predicted molar refractivity (Wildman–Crippen MR) is 174 cm³/mol. The SMILES string of the molecule is CCC(C)(C)OC(=O)C1CCCC([C@@H](C)c2sc(CCCC#CCc3c(C)cc(C)nc3OC)c(C(=O)OC)c2C)CC1. The van der Waals surface area contributed by atoms with Crippen LogP contribution in [0.1, 0.15) is 127 Å². The average molecular weight is 610 g/mol. The Labute approximate surface area is 263 Å². The molecule has 2 unspecified atom stereocenters. The van der Waals surface area contributed by atoms with Gasteiger partial charge in [0.05, 0.1) is 25.7 Å². The fraction of sp³-hybridized carbons (Fsp3) is 0.639.